The molecule has 0 fully saturated rings. The van der Waals surface area contributed by atoms with Crippen molar-refractivity contribution in [2.45, 2.75) is 6.92 Å². The van der Waals surface area contributed by atoms with Crippen molar-refractivity contribution in [3.63, 3.8) is 0 Å². The van der Waals surface area contributed by atoms with Crippen molar-refractivity contribution in [1.29, 1.82) is 0 Å². The van der Waals surface area contributed by atoms with Crippen LogP contribution in [0.1, 0.15) is 15.9 Å². The first-order valence-corrected chi connectivity index (χ1v) is 7.10. The van der Waals surface area contributed by atoms with E-state index in [4.69, 9.17) is 27.9 Å². The summed E-state index contributed by atoms with van der Waals surface area (Å²) in [6, 6.07) is 8.01. The van der Waals surface area contributed by atoms with Crippen molar-refractivity contribution in [3.8, 4) is 11.5 Å². The van der Waals surface area contributed by atoms with Gasteiger partial charge in [0.2, 0.25) is 0 Å². The van der Waals surface area contributed by atoms with Crippen LogP contribution < -0.4 is 4.74 Å². The van der Waals surface area contributed by atoms with Crippen molar-refractivity contribution < 1.29 is 14.6 Å². The molecular weight excluding hydrogens is 367 g/mol. The number of para-hydroxylation sites is 1. The second-order valence-corrected chi connectivity index (χ2v) is 5.72. The van der Waals surface area contributed by atoms with E-state index in [-0.39, 0.29) is 11.3 Å². The first-order valence-electron chi connectivity index (χ1n) is 5.55. The quantitative estimate of drug-likeness (QED) is 0.714. The molecule has 20 heavy (non-hydrogen) atoms. The predicted octanol–water partition coefficient (Wildman–Crippen LogP) is 5.55. The minimum absolute atomic E-state index is 0.0695. The average molecular weight is 376 g/mol. The number of aryl methyl sites for hydroxylation is 1. The molecule has 0 aliphatic carbocycles. The first-order chi connectivity index (χ1) is 9.40. The van der Waals surface area contributed by atoms with Crippen LogP contribution in [0.15, 0.2) is 34.8 Å². The van der Waals surface area contributed by atoms with Crippen molar-refractivity contribution in [1.82, 2.24) is 0 Å². The Kier molecular flexibility index (Phi) is 4.58. The number of carbonyl (C=O) groups is 1. The zero-order valence-electron chi connectivity index (χ0n) is 10.3. The third-order valence-electron chi connectivity index (χ3n) is 2.63. The number of hydrogen-bond donors (Lipinski definition) is 1. The number of aromatic carboxylic acids is 1. The molecule has 0 aromatic heterocycles. The third-order valence-corrected chi connectivity index (χ3v) is 4.12. The molecule has 2 rings (SSSR count). The van der Waals surface area contributed by atoms with Crippen molar-refractivity contribution in [2.24, 2.45) is 0 Å². The van der Waals surface area contributed by atoms with Gasteiger partial charge in [0.1, 0.15) is 17.1 Å². The van der Waals surface area contributed by atoms with Crippen LogP contribution in [0.4, 0.5) is 0 Å². The molecule has 0 aliphatic rings. The van der Waals surface area contributed by atoms with E-state index < -0.39 is 5.97 Å². The van der Waals surface area contributed by atoms with E-state index in [2.05, 4.69) is 15.9 Å². The van der Waals surface area contributed by atoms with Crippen LogP contribution in [0.25, 0.3) is 0 Å². The first kappa shape index (κ1) is 15.2. The van der Waals surface area contributed by atoms with E-state index >= 15 is 0 Å². The number of carboxylic acids is 1. The Hall–Kier alpha value is -1.23. The maximum atomic E-state index is 11.2. The summed E-state index contributed by atoms with van der Waals surface area (Å²) < 4.78 is 6.29. The molecule has 1 N–H and O–H groups in total. The number of benzene rings is 2. The summed E-state index contributed by atoms with van der Waals surface area (Å²) in [6.07, 6.45) is 0. The lowest BCUT2D eigenvalue weighted by Gasteiger charge is -2.13. The van der Waals surface area contributed by atoms with Crippen molar-refractivity contribution >= 4 is 45.1 Å². The van der Waals surface area contributed by atoms with Gasteiger partial charge in [-0.3, -0.25) is 0 Å². The molecule has 0 saturated carbocycles. The normalized spacial score (nSPS) is 10.4. The standard InChI is InChI=1S/C14H9BrCl2O3/c1-7-3-2-4-8(14(18)19)13(7)20-12-6-10(16)9(15)5-11(12)17/h2-6H,1H3,(H,18,19). The molecule has 0 aliphatic heterocycles. The molecule has 0 unspecified atom stereocenters. The SMILES string of the molecule is Cc1cccc(C(=O)O)c1Oc1cc(Cl)c(Br)cc1Cl. The van der Waals surface area contributed by atoms with Gasteiger partial charge in [-0.2, -0.15) is 0 Å². The van der Waals surface area contributed by atoms with Crippen LogP contribution in [-0.2, 0) is 0 Å². The molecule has 3 nitrogen and oxygen atoms in total. The van der Waals surface area contributed by atoms with Gasteiger partial charge in [0.05, 0.1) is 10.0 Å². The molecule has 6 heteroatoms. The van der Waals surface area contributed by atoms with Gasteiger partial charge in [-0.15, -0.1) is 0 Å². The highest BCUT2D eigenvalue weighted by atomic mass is 79.9. The van der Waals surface area contributed by atoms with Gasteiger partial charge in [-0.05, 0) is 40.5 Å². The molecule has 0 radical (unpaired) electrons. The highest BCUT2D eigenvalue weighted by Crippen LogP contribution is 2.38. The number of halogens is 3. The molecule has 0 bridgehead atoms. The van der Waals surface area contributed by atoms with Gasteiger partial charge < -0.3 is 9.84 Å². The zero-order valence-corrected chi connectivity index (χ0v) is 13.4. The van der Waals surface area contributed by atoms with Crippen molar-refractivity contribution in [2.75, 3.05) is 0 Å². The van der Waals surface area contributed by atoms with E-state index in [1.54, 1.807) is 25.1 Å². The van der Waals surface area contributed by atoms with E-state index in [9.17, 15) is 9.90 Å². The minimum Gasteiger partial charge on any atom is -0.478 e. The lowest BCUT2D eigenvalue weighted by molar-refractivity contribution is 0.0694. The van der Waals surface area contributed by atoms with Crippen LogP contribution in [0.5, 0.6) is 11.5 Å². The van der Waals surface area contributed by atoms with Crippen molar-refractivity contribution in [3.05, 3.63) is 56.0 Å². The minimum atomic E-state index is -1.07. The second kappa shape index (κ2) is 6.04. The van der Waals surface area contributed by atoms with Gasteiger partial charge in [0.25, 0.3) is 0 Å². The summed E-state index contributed by atoms with van der Waals surface area (Å²) in [7, 11) is 0. The summed E-state index contributed by atoms with van der Waals surface area (Å²) in [5.74, 6) is -0.514. The maximum Gasteiger partial charge on any atom is 0.339 e. The molecule has 0 spiro atoms. The van der Waals surface area contributed by atoms with E-state index in [0.717, 1.165) is 0 Å². The fourth-order valence-electron chi connectivity index (χ4n) is 1.65. The van der Waals surface area contributed by atoms with Crippen LogP contribution in [0, 0.1) is 6.92 Å². The smallest absolute Gasteiger partial charge is 0.339 e. The molecule has 0 amide bonds. The van der Waals surface area contributed by atoms with Gasteiger partial charge in [0, 0.05) is 10.5 Å². The Morgan fingerprint density at radius 1 is 1.25 bits per heavy atom. The van der Waals surface area contributed by atoms with E-state index in [0.29, 0.717) is 25.8 Å². The topological polar surface area (TPSA) is 46.5 Å². The molecule has 2 aromatic carbocycles. The maximum absolute atomic E-state index is 11.2. The Labute approximate surface area is 134 Å². The Bertz CT molecular complexity index is 686. The molecule has 104 valence electrons. The molecule has 2 aromatic rings. The number of hydrogen-bond acceptors (Lipinski definition) is 2. The Balaban J connectivity index is 2.50. The van der Waals surface area contributed by atoms with Gasteiger partial charge in [0.15, 0.2) is 0 Å². The lowest BCUT2D eigenvalue weighted by atomic mass is 10.1. The van der Waals surface area contributed by atoms with Gasteiger partial charge >= 0.3 is 5.97 Å². The number of carboxylic acid groups (broad SMARTS) is 1. The van der Waals surface area contributed by atoms with Crippen LogP contribution in [-0.4, -0.2) is 11.1 Å². The lowest BCUT2D eigenvalue weighted by Crippen LogP contribution is -2.01. The van der Waals surface area contributed by atoms with E-state index in [1.807, 2.05) is 0 Å². The largest absolute Gasteiger partial charge is 0.478 e. The highest BCUT2D eigenvalue weighted by molar-refractivity contribution is 9.10. The summed E-state index contributed by atoms with van der Waals surface area (Å²) in [6.45, 7) is 1.76. The summed E-state index contributed by atoms with van der Waals surface area (Å²) in [5.41, 5.74) is 0.764. The second-order valence-electron chi connectivity index (χ2n) is 4.06. The van der Waals surface area contributed by atoms with Crippen LogP contribution >= 0.6 is 39.1 Å². The summed E-state index contributed by atoms with van der Waals surface area (Å²) in [4.78, 5) is 11.2. The third kappa shape index (κ3) is 3.08. The Morgan fingerprint density at radius 2 is 1.95 bits per heavy atom. The fraction of sp³-hybridized carbons (Fsp3) is 0.0714. The van der Waals surface area contributed by atoms with Crippen LogP contribution in [0.3, 0.4) is 0 Å². The zero-order chi connectivity index (χ0) is 14.9. The number of rotatable bonds is 3. The Morgan fingerprint density at radius 3 is 2.60 bits per heavy atom. The highest BCUT2D eigenvalue weighted by Gasteiger charge is 2.16. The molecule has 0 heterocycles. The number of ether oxygens (including phenoxy) is 1. The predicted molar refractivity (Wildman–Crippen MR) is 82.4 cm³/mol. The van der Waals surface area contributed by atoms with Gasteiger partial charge in [-0.1, -0.05) is 35.3 Å². The molecular formula is C14H9BrCl2O3. The molecule has 0 atom stereocenters. The summed E-state index contributed by atoms with van der Waals surface area (Å²) in [5, 5.41) is 9.95. The molecule has 0 saturated heterocycles. The van der Waals surface area contributed by atoms with Gasteiger partial charge in [-0.25, -0.2) is 4.79 Å². The average Bonchev–Trinajstić information content (AvgIpc) is 2.37. The fourth-order valence-corrected chi connectivity index (χ4v) is 2.48. The monoisotopic (exact) mass is 374 g/mol. The van der Waals surface area contributed by atoms with E-state index in [1.165, 1.54) is 12.1 Å². The van der Waals surface area contributed by atoms with Crippen LogP contribution in [0.2, 0.25) is 10.0 Å². The summed E-state index contributed by atoms with van der Waals surface area (Å²) >= 11 is 15.3.